The maximum Gasteiger partial charge on any atom is 0.335 e. The quantitative estimate of drug-likeness (QED) is 0.325. The number of anilines is 1. The number of phenols is 1. The summed E-state index contributed by atoms with van der Waals surface area (Å²) in [4.78, 5) is 49.2. The first-order chi connectivity index (χ1) is 14.6. The first-order valence-corrected chi connectivity index (χ1v) is 9.27. The summed E-state index contributed by atoms with van der Waals surface area (Å²) in [5.41, 5.74) is 0.780. The van der Waals surface area contributed by atoms with E-state index >= 15 is 0 Å². The molecule has 0 bridgehead atoms. The van der Waals surface area contributed by atoms with E-state index in [0.717, 1.165) is 22.6 Å². The standard InChI is InChI=1S/C21H19N3O7/c1-4-31-17-10-13(9-16(18(17)25)24(29)30)8-14-19(26)22-21(28)23(20(14)27)15-7-11(2)5-6-12(15)3/h5-10,25H,4H2,1-3H3,(H,22,26,28)/b14-8+. The Hall–Kier alpha value is -4.21. The van der Waals surface area contributed by atoms with Crippen LogP contribution in [-0.4, -0.2) is 34.5 Å². The molecular formula is C21H19N3O7. The van der Waals surface area contributed by atoms with Crippen LogP contribution in [0, 0.1) is 24.0 Å². The summed E-state index contributed by atoms with van der Waals surface area (Å²) in [5.74, 6) is -2.66. The van der Waals surface area contributed by atoms with Gasteiger partial charge < -0.3 is 9.84 Å². The van der Waals surface area contributed by atoms with E-state index in [0.29, 0.717) is 11.3 Å². The number of hydrogen-bond acceptors (Lipinski definition) is 7. The maximum absolute atomic E-state index is 13.1. The van der Waals surface area contributed by atoms with Gasteiger partial charge in [-0.3, -0.25) is 25.0 Å². The van der Waals surface area contributed by atoms with Crippen LogP contribution >= 0.6 is 0 Å². The highest BCUT2D eigenvalue weighted by molar-refractivity contribution is 6.39. The van der Waals surface area contributed by atoms with Gasteiger partial charge in [-0.1, -0.05) is 12.1 Å². The van der Waals surface area contributed by atoms with Gasteiger partial charge in [-0.2, -0.15) is 0 Å². The molecule has 31 heavy (non-hydrogen) atoms. The lowest BCUT2D eigenvalue weighted by molar-refractivity contribution is -0.386. The molecule has 1 saturated heterocycles. The molecular weight excluding hydrogens is 406 g/mol. The van der Waals surface area contributed by atoms with Crippen molar-refractivity contribution in [3.05, 3.63) is 62.7 Å². The number of nitro benzene ring substituents is 1. The molecule has 4 amide bonds. The van der Waals surface area contributed by atoms with Crippen molar-refractivity contribution < 1.29 is 29.2 Å². The average Bonchev–Trinajstić information content (AvgIpc) is 2.69. The SMILES string of the molecule is CCOc1cc(/C=C2\C(=O)NC(=O)N(c3cc(C)ccc3C)C2=O)cc([N+](=O)[O-])c1O. The summed E-state index contributed by atoms with van der Waals surface area (Å²) in [7, 11) is 0. The van der Waals surface area contributed by atoms with Crippen LogP contribution in [-0.2, 0) is 9.59 Å². The van der Waals surface area contributed by atoms with Crippen LogP contribution in [0.3, 0.4) is 0 Å². The third kappa shape index (κ3) is 4.08. The van der Waals surface area contributed by atoms with Gasteiger partial charge >= 0.3 is 11.7 Å². The molecule has 160 valence electrons. The molecule has 1 aliphatic heterocycles. The number of nitrogens with one attached hydrogen (secondary N) is 1. The minimum atomic E-state index is -0.940. The molecule has 0 aromatic heterocycles. The van der Waals surface area contributed by atoms with Crippen molar-refractivity contribution in [2.75, 3.05) is 11.5 Å². The van der Waals surface area contributed by atoms with Crippen LogP contribution in [0.4, 0.5) is 16.2 Å². The predicted octanol–water partition coefficient (Wildman–Crippen LogP) is 2.98. The van der Waals surface area contributed by atoms with Gasteiger partial charge in [0.1, 0.15) is 5.57 Å². The van der Waals surface area contributed by atoms with Gasteiger partial charge in [-0.05, 0) is 55.7 Å². The van der Waals surface area contributed by atoms with Crippen LogP contribution in [0.2, 0.25) is 0 Å². The number of phenolic OH excluding ortho intramolecular Hbond substituents is 1. The van der Waals surface area contributed by atoms with Gasteiger partial charge in [-0.25, -0.2) is 9.69 Å². The molecule has 2 aromatic rings. The fourth-order valence-electron chi connectivity index (χ4n) is 3.11. The second kappa shape index (κ2) is 8.27. The summed E-state index contributed by atoms with van der Waals surface area (Å²) in [5, 5.41) is 23.4. The molecule has 0 radical (unpaired) electrons. The number of nitrogens with zero attached hydrogens (tertiary/aromatic N) is 2. The lowest BCUT2D eigenvalue weighted by Gasteiger charge is -2.27. The molecule has 0 atom stereocenters. The van der Waals surface area contributed by atoms with Crippen LogP contribution in [0.15, 0.2) is 35.9 Å². The molecule has 0 saturated carbocycles. The zero-order valence-electron chi connectivity index (χ0n) is 17.0. The number of nitro groups is 1. The van der Waals surface area contributed by atoms with Crippen LogP contribution in [0.1, 0.15) is 23.6 Å². The largest absolute Gasteiger partial charge is 0.500 e. The number of carbonyl (C=O) groups is 3. The number of barbiturate groups is 1. The van der Waals surface area contributed by atoms with Gasteiger partial charge in [0.25, 0.3) is 11.8 Å². The highest BCUT2D eigenvalue weighted by Crippen LogP contribution is 2.38. The third-order valence-corrected chi connectivity index (χ3v) is 4.59. The smallest absolute Gasteiger partial charge is 0.335 e. The van der Waals surface area contributed by atoms with Crippen molar-refractivity contribution in [2.24, 2.45) is 0 Å². The number of aromatic hydroxyl groups is 1. The second-order valence-corrected chi connectivity index (χ2v) is 6.82. The van der Waals surface area contributed by atoms with Crippen LogP contribution < -0.4 is 15.0 Å². The first kappa shape index (κ1) is 21.5. The van der Waals surface area contributed by atoms with Crippen LogP contribution in [0.5, 0.6) is 11.5 Å². The Labute approximate surface area is 176 Å². The molecule has 0 spiro atoms. The van der Waals surface area contributed by atoms with Gasteiger partial charge in [0.15, 0.2) is 5.75 Å². The minimum Gasteiger partial charge on any atom is -0.500 e. The van der Waals surface area contributed by atoms with E-state index in [1.807, 2.05) is 6.07 Å². The Bertz CT molecular complexity index is 1150. The number of imide groups is 2. The fraction of sp³-hybridized carbons (Fsp3) is 0.190. The number of hydrogen-bond donors (Lipinski definition) is 2. The predicted molar refractivity (Wildman–Crippen MR) is 111 cm³/mol. The van der Waals surface area contributed by atoms with E-state index in [1.54, 1.807) is 32.9 Å². The van der Waals surface area contributed by atoms with E-state index in [9.17, 15) is 29.6 Å². The van der Waals surface area contributed by atoms with Crippen LogP contribution in [0.25, 0.3) is 6.08 Å². The number of rotatable bonds is 5. The van der Waals surface area contributed by atoms with Gasteiger partial charge in [-0.15, -0.1) is 0 Å². The van der Waals surface area contributed by atoms with Gasteiger partial charge in [0.05, 0.1) is 17.2 Å². The molecule has 1 fully saturated rings. The highest BCUT2D eigenvalue weighted by atomic mass is 16.6. The zero-order chi connectivity index (χ0) is 22.9. The van der Waals surface area contributed by atoms with E-state index in [4.69, 9.17) is 4.74 Å². The highest BCUT2D eigenvalue weighted by Gasteiger charge is 2.37. The topological polar surface area (TPSA) is 139 Å². The number of aryl methyl sites for hydroxylation is 2. The number of amides is 4. The molecule has 2 N–H and O–H groups in total. The Kier molecular flexibility index (Phi) is 5.73. The summed E-state index contributed by atoms with van der Waals surface area (Å²) in [6.45, 7) is 5.26. The molecule has 1 aliphatic rings. The average molecular weight is 425 g/mol. The normalized spacial score (nSPS) is 15.3. The number of urea groups is 1. The molecule has 3 rings (SSSR count). The second-order valence-electron chi connectivity index (χ2n) is 6.82. The van der Waals surface area contributed by atoms with E-state index < -0.39 is 39.8 Å². The fourth-order valence-corrected chi connectivity index (χ4v) is 3.11. The van der Waals surface area contributed by atoms with Crippen molar-refractivity contribution in [1.29, 1.82) is 0 Å². The molecule has 1 heterocycles. The van der Waals surface area contributed by atoms with E-state index in [-0.39, 0.29) is 17.9 Å². The molecule has 10 nitrogen and oxygen atoms in total. The van der Waals surface area contributed by atoms with Crippen molar-refractivity contribution in [3.63, 3.8) is 0 Å². The Morgan fingerprint density at radius 1 is 1.19 bits per heavy atom. The number of ether oxygens (including phenoxy) is 1. The summed E-state index contributed by atoms with van der Waals surface area (Å²) in [6.07, 6.45) is 1.11. The van der Waals surface area contributed by atoms with Crippen molar-refractivity contribution >= 4 is 35.3 Å². The zero-order valence-corrected chi connectivity index (χ0v) is 17.0. The van der Waals surface area contributed by atoms with E-state index in [1.165, 1.54) is 6.07 Å². The van der Waals surface area contributed by atoms with Gasteiger partial charge in [0.2, 0.25) is 5.75 Å². The lowest BCUT2D eigenvalue weighted by atomic mass is 10.0. The van der Waals surface area contributed by atoms with Crippen molar-refractivity contribution in [2.45, 2.75) is 20.8 Å². The molecule has 10 heteroatoms. The molecule has 0 aliphatic carbocycles. The Morgan fingerprint density at radius 3 is 2.55 bits per heavy atom. The minimum absolute atomic E-state index is 0.0710. The summed E-state index contributed by atoms with van der Waals surface area (Å²) >= 11 is 0. The third-order valence-electron chi connectivity index (χ3n) is 4.59. The Morgan fingerprint density at radius 2 is 1.90 bits per heavy atom. The molecule has 0 unspecified atom stereocenters. The Balaban J connectivity index is 2.12. The van der Waals surface area contributed by atoms with Crippen molar-refractivity contribution in [3.8, 4) is 11.5 Å². The van der Waals surface area contributed by atoms with Crippen molar-refractivity contribution in [1.82, 2.24) is 5.32 Å². The molecule has 2 aromatic carbocycles. The monoisotopic (exact) mass is 425 g/mol. The maximum atomic E-state index is 13.1. The van der Waals surface area contributed by atoms with Gasteiger partial charge in [0, 0.05) is 6.07 Å². The first-order valence-electron chi connectivity index (χ1n) is 9.27. The summed E-state index contributed by atoms with van der Waals surface area (Å²) < 4.78 is 5.21. The number of benzene rings is 2. The summed E-state index contributed by atoms with van der Waals surface area (Å²) in [6, 6.07) is 6.56. The number of carbonyl (C=O) groups excluding carboxylic acids is 3. The lowest BCUT2D eigenvalue weighted by Crippen LogP contribution is -2.54. The van der Waals surface area contributed by atoms with E-state index in [2.05, 4.69) is 5.32 Å².